The first-order chi connectivity index (χ1) is 6.00. The SMILES string of the molecule is CC(C)Cn1cc(O)c(C(C)N)n1. The molecule has 1 aromatic rings. The normalized spacial score (nSPS) is 13.6. The van der Waals surface area contributed by atoms with Gasteiger partial charge in [-0.25, -0.2) is 0 Å². The molecule has 0 fully saturated rings. The lowest BCUT2D eigenvalue weighted by molar-refractivity contribution is 0.460. The third-order valence-electron chi connectivity index (χ3n) is 1.75. The molecule has 13 heavy (non-hydrogen) atoms. The Balaban J connectivity index is 2.82. The van der Waals surface area contributed by atoms with Crippen LogP contribution in [0, 0.1) is 5.92 Å². The van der Waals surface area contributed by atoms with E-state index in [0.717, 1.165) is 6.54 Å². The van der Waals surface area contributed by atoms with Gasteiger partial charge in [0.05, 0.1) is 6.20 Å². The summed E-state index contributed by atoms with van der Waals surface area (Å²) in [7, 11) is 0. The molecule has 1 rings (SSSR count). The largest absolute Gasteiger partial charge is 0.504 e. The molecule has 74 valence electrons. The zero-order valence-corrected chi connectivity index (χ0v) is 8.36. The van der Waals surface area contributed by atoms with Crippen LogP contribution in [0.2, 0.25) is 0 Å². The molecule has 0 amide bonds. The van der Waals surface area contributed by atoms with Crippen molar-refractivity contribution in [1.82, 2.24) is 9.78 Å². The molecule has 1 atom stereocenters. The quantitative estimate of drug-likeness (QED) is 0.741. The second-order valence-electron chi connectivity index (χ2n) is 3.80. The van der Waals surface area contributed by atoms with Crippen LogP contribution in [0.15, 0.2) is 6.20 Å². The molecule has 0 aliphatic rings. The van der Waals surface area contributed by atoms with Crippen LogP contribution in [0.25, 0.3) is 0 Å². The standard InChI is InChI=1S/C9H17N3O/c1-6(2)4-12-5-8(13)9(11-12)7(3)10/h5-7,13H,4,10H2,1-3H3. The van der Waals surface area contributed by atoms with Crippen LogP contribution in [0.1, 0.15) is 32.5 Å². The van der Waals surface area contributed by atoms with Crippen molar-refractivity contribution >= 4 is 0 Å². The average molecular weight is 183 g/mol. The maximum absolute atomic E-state index is 9.45. The lowest BCUT2D eigenvalue weighted by Gasteiger charge is -2.04. The Labute approximate surface area is 78.4 Å². The van der Waals surface area contributed by atoms with Gasteiger partial charge < -0.3 is 10.8 Å². The number of nitrogens with zero attached hydrogens (tertiary/aromatic N) is 2. The van der Waals surface area contributed by atoms with Crippen LogP contribution in [0.5, 0.6) is 5.75 Å². The Morgan fingerprint density at radius 2 is 2.15 bits per heavy atom. The van der Waals surface area contributed by atoms with Gasteiger partial charge in [-0.3, -0.25) is 4.68 Å². The van der Waals surface area contributed by atoms with Gasteiger partial charge in [0.15, 0.2) is 5.75 Å². The fraction of sp³-hybridized carbons (Fsp3) is 0.667. The minimum atomic E-state index is -0.214. The summed E-state index contributed by atoms with van der Waals surface area (Å²) in [5.41, 5.74) is 6.19. The average Bonchev–Trinajstić information content (AvgIpc) is 2.29. The fourth-order valence-corrected chi connectivity index (χ4v) is 1.22. The van der Waals surface area contributed by atoms with Crippen molar-refractivity contribution in [3.05, 3.63) is 11.9 Å². The molecule has 0 radical (unpaired) electrons. The number of aromatic nitrogens is 2. The number of hydrogen-bond acceptors (Lipinski definition) is 3. The van der Waals surface area contributed by atoms with Gasteiger partial charge in [-0.15, -0.1) is 0 Å². The summed E-state index contributed by atoms with van der Waals surface area (Å²) in [5.74, 6) is 0.705. The van der Waals surface area contributed by atoms with E-state index in [-0.39, 0.29) is 11.8 Å². The molecule has 0 spiro atoms. The molecule has 1 aromatic heterocycles. The summed E-state index contributed by atoms with van der Waals surface area (Å²) >= 11 is 0. The van der Waals surface area contributed by atoms with Gasteiger partial charge in [0.1, 0.15) is 5.69 Å². The van der Waals surface area contributed by atoms with E-state index in [1.807, 2.05) is 6.92 Å². The van der Waals surface area contributed by atoms with Crippen LogP contribution in [0.3, 0.4) is 0 Å². The Morgan fingerprint density at radius 1 is 1.54 bits per heavy atom. The first-order valence-corrected chi connectivity index (χ1v) is 4.52. The summed E-state index contributed by atoms with van der Waals surface area (Å²) in [4.78, 5) is 0. The van der Waals surface area contributed by atoms with Gasteiger partial charge >= 0.3 is 0 Å². The van der Waals surface area contributed by atoms with E-state index >= 15 is 0 Å². The van der Waals surface area contributed by atoms with Crippen LogP contribution in [0.4, 0.5) is 0 Å². The van der Waals surface area contributed by atoms with Crippen molar-refractivity contribution in [2.75, 3.05) is 0 Å². The number of hydrogen-bond donors (Lipinski definition) is 2. The molecule has 0 saturated carbocycles. The predicted molar refractivity (Wildman–Crippen MR) is 51.3 cm³/mol. The van der Waals surface area contributed by atoms with Crippen molar-refractivity contribution in [3.63, 3.8) is 0 Å². The van der Waals surface area contributed by atoms with Gasteiger partial charge in [-0.1, -0.05) is 13.8 Å². The Hall–Kier alpha value is -1.03. The molecule has 1 heterocycles. The van der Waals surface area contributed by atoms with Crippen molar-refractivity contribution in [1.29, 1.82) is 0 Å². The van der Waals surface area contributed by atoms with Gasteiger partial charge in [-0.05, 0) is 12.8 Å². The summed E-state index contributed by atoms with van der Waals surface area (Å²) < 4.78 is 1.73. The highest BCUT2D eigenvalue weighted by Crippen LogP contribution is 2.20. The maximum Gasteiger partial charge on any atom is 0.158 e. The maximum atomic E-state index is 9.45. The Kier molecular flexibility index (Phi) is 2.93. The molecule has 0 saturated heterocycles. The molecule has 0 bridgehead atoms. The number of rotatable bonds is 3. The summed E-state index contributed by atoms with van der Waals surface area (Å²) in [6.07, 6.45) is 1.62. The van der Waals surface area contributed by atoms with E-state index in [1.165, 1.54) is 0 Å². The van der Waals surface area contributed by atoms with E-state index in [4.69, 9.17) is 5.73 Å². The summed E-state index contributed by atoms with van der Waals surface area (Å²) in [6.45, 7) is 6.82. The van der Waals surface area contributed by atoms with Gasteiger partial charge in [-0.2, -0.15) is 5.10 Å². The minimum absolute atomic E-state index is 0.190. The first-order valence-electron chi connectivity index (χ1n) is 4.52. The highest BCUT2D eigenvalue weighted by atomic mass is 16.3. The summed E-state index contributed by atoms with van der Waals surface area (Å²) in [5, 5.41) is 13.6. The van der Waals surface area contributed by atoms with Crippen molar-refractivity contribution in [3.8, 4) is 5.75 Å². The molecule has 4 heteroatoms. The van der Waals surface area contributed by atoms with Crippen molar-refractivity contribution < 1.29 is 5.11 Å². The monoisotopic (exact) mass is 183 g/mol. The molecule has 4 nitrogen and oxygen atoms in total. The molecular weight excluding hydrogens is 166 g/mol. The second-order valence-corrected chi connectivity index (χ2v) is 3.80. The van der Waals surface area contributed by atoms with E-state index in [1.54, 1.807) is 10.9 Å². The van der Waals surface area contributed by atoms with E-state index in [9.17, 15) is 5.11 Å². The van der Waals surface area contributed by atoms with Crippen molar-refractivity contribution in [2.24, 2.45) is 11.7 Å². The zero-order chi connectivity index (χ0) is 10.0. The van der Waals surface area contributed by atoms with E-state index in [2.05, 4.69) is 18.9 Å². The molecule has 0 aliphatic heterocycles. The van der Waals surface area contributed by atoms with E-state index in [0.29, 0.717) is 11.6 Å². The van der Waals surface area contributed by atoms with E-state index < -0.39 is 0 Å². The smallest absolute Gasteiger partial charge is 0.158 e. The highest BCUT2D eigenvalue weighted by Gasteiger charge is 2.11. The molecular formula is C9H17N3O. The third-order valence-corrected chi connectivity index (χ3v) is 1.75. The van der Waals surface area contributed by atoms with Crippen LogP contribution >= 0.6 is 0 Å². The fourth-order valence-electron chi connectivity index (χ4n) is 1.22. The minimum Gasteiger partial charge on any atom is -0.504 e. The van der Waals surface area contributed by atoms with Crippen molar-refractivity contribution in [2.45, 2.75) is 33.4 Å². The van der Waals surface area contributed by atoms with Gasteiger partial charge in [0, 0.05) is 12.6 Å². The molecule has 1 unspecified atom stereocenters. The van der Waals surface area contributed by atoms with Crippen LogP contribution < -0.4 is 5.73 Å². The first kappa shape index (κ1) is 10.1. The molecule has 0 aliphatic carbocycles. The van der Waals surface area contributed by atoms with Gasteiger partial charge in [0.25, 0.3) is 0 Å². The van der Waals surface area contributed by atoms with Gasteiger partial charge in [0.2, 0.25) is 0 Å². The Bertz CT molecular complexity index is 278. The highest BCUT2D eigenvalue weighted by molar-refractivity contribution is 5.24. The van der Waals surface area contributed by atoms with Crippen LogP contribution in [-0.4, -0.2) is 14.9 Å². The second kappa shape index (κ2) is 3.79. The topological polar surface area (TPSA) is 64.1 Å². The lowest BCUT2D eigenvalue weighted by atomic mass is 10.2. The summed E-state index contributed by atoms with van der Waals surface area (Å²) in [6, 6.07) is -0.214. The zero-order valence-electron chi connectivity index (χ0n) is 8.36. The predicted octanol–water partition coefficient (Wildman–Crippen LogP) is 1.26. The van der Waals surface area contributed by atoms with Crippen LogP contribution in [-0.2, 0) is 6.54 Å². The molecule has 3 N–H and O–H groups in total. The lowest BCUT2D eigenvalue weighted by Crippen LogP contribution is -2.09. The molecule has 0 aromatic carbocycles. The number of nitrogens with two attached hydrogens (primary N) is 1. The number of aromatic hydroxyl groups is 1. The Morgan fingerprint density at radius 3 is 2.54 bits per heavy atom. The third kappa shape index (κ3) is 2.45.